The zero-order chi connectivity index (χ0) is 13.4. The molecule has 0 bridgehead atoms. The second-order valence-corrected chi connectivity index (χ2v) is 4.97. The van der Waals surface area contributed by atoms with E-state index in [4.69, 9.17) is 4.74 Å². The first-order valence-electron chi connectivity index (χ1n) is 7.13. The van der Waals surface area contributed by atoms with E-state index in [0.717, 1.165) is 25.8 Å². The lowest BCUT2D eigenvalue weighted by Gasteiger charge is -2.14. The summed E-state index contributed by atoms with van der Waals surface area (Å²) in [4.78, 5) is 25.2. The van der Waals surface area contributed by atoms with Crippen molar-refractivity contribution in [3.63, 3.8) is 0 Å². The number of amides is 1. The Hall–Kier alpha value is -1.06. The van der Waals surface area contributed by atoms with Crippen LogP contribution >= 0.6 is 0 Å². The summed E-state index contributed by atoms with van der Waals surface area (Å²) in [5.41, 5.74) is 0. The third kappa shape index (κ3) is 4.67. The van der Waals surface area contributed by atoms with Crippen molar-refractivity contribution in [2.75, 3.05) is 19.7 Å². The number of likely N-dealkylation sites (tertiary alicyclic amines) is 1. The molecule has 1 aliphatic rings. The van der Waals surface area contributed by atoms with Crippen molar-refractivity contribution in [3.8, 4) is 0 Å². The molecule has 1 amide bonds. The van der Waals surface area contributed by atoms with Crippen LogP contribution in [0, 0.1) is 5.92 Å². The van der Waals surface area contributed by atoms with Gasteiger partial charge in [0.15, 0.2) is 0 Å². The lowest BCUT2D eigenvalue weighted by Crippen LogP contribution is -2.27. The Bertz CT molecular complexity index is 278. The molecule has 1 heterocycles. The summed E-state index contributed by atoms with van der Waals surface area (Å²) in [6, 6.07) is 0. The van der Waals surface area contributed by atoms with Crippen molar-refractivity contribution in [3.05, 3.63) is 0 Å². The Labute approximate surface area is 110 Å². The summed E-state index contributed by atoms with van der Waals surface area (Å²) in [5, 5.41) is 0. The molecule has 0 aromatic heterocycles. The zero-order valence-corrected chi connectivity index (χ0v) is 11.6. The molecule has 4 heteroatoms. The SMILES string of the molecule is CCCCCCOC(=O)C1CC(=O)N(CCC)C1. The molecule has 0 aromatic rings. The molecule has 1 aliphatic heterocycles. The number of ether oxygens (including phenoxy) is 1. The Morgan fingerprint density at radius 3 is 2.72 bits per heavy atom. The quantitative estimate of drug-likeness (QED) is 0.494. The van der Waals surface area contributed by atoms with Gasteiger partial charge >= 0.3 is 5.97 Å². The highest BCUT2D eigenvalue weighted by Gasteiger charge is 2.34. The van der Waals surface area contributed by atoms with Gasteiger partial charge in [0.05, 0.1) is 12.5 Å². The van der Waals surface area contributed by atoms with Gasteiger partial charge in [-0.3, -0.25) is 9.59 Å². The molecule has 18 heavy (non-hydrogen) atoms. The Balaban J connectivity index is 2.20. The molecule has 1 atom stereocenters. The number of esters is 1. The molecule has 0 radical (unpaired) electrons. The summed E-state index contributed by atoms with van der Waals surface area (Å²) in [7, 11) is 0. The normalized spacial score (nSPS) is 19.3. The maximum Gasteiger partial charge on any atom is 0.311 e. The van der Waals surface area contributed by atoms with Crippen LogP contribution in [0.2, 0.25) is 0 Å². The highest BCUT2D eigenvalue weighted by atomic mass is 16.5. The van der Waals surface area contributed by atoms with Crippen LogP contribution < -0.4 is 0 Å². The largest absolute Gasteiger partial charge is 0.465 e. The van der Waals surface area contributed by atoms with Gasteiger partial charge in [0, 0.05) is 19.5 Å². The van der Waals surface area contributed by atoms with E-state index in [1.54, 1.807) is 4.90 Å². The van der Waals surface area contributed by atoms with E-state index in [0.29, 0.717) is 19.6 Å². The number of hydrogen-bond donors (Lipinski definition) is 0. The number of rotatable bonds is 8. The average Bonchev–Trinajstić information content (AvgIpc) is 2.71. The minimum atomic E-state index is -0.241. The molecular weight excluding hydrogens is 230 g/mol. The first kappa shape index (κ1) is 15.0. The topological polar surface area (TPSA) is 46.6 Å². The number of carbonyl (C=O) groups is 2. The zero-order valence-electron chi connectivity index (χ0n) is 11.6. The van der Waals surface area contributed by atoms with Crippen molar-refractivity contribution >= 4 is 11.9 Å². The Morgan fingerprint density at radius 2 is 2.06 bits per heavy atom. The summed E-state index contributed by atoms with van der Waals surface area (Å²) in [6.07, 6.45) is 5.66. The Morgan fingerprint density at radius 1 is 1.28 bits per heavy atom. The molecule has 1 rings (SSSR count). The van der Waals surface area contributed by atoms with Gasteiger partial charge in [0.1, 0.15) is 0 Å². The fourth-order valence-electron chi connectivity index (χ4n) is 2.24. The number of hydrogen-bond acceptors (Lipinski definition) is 3. The predicted molar refractivity (Wildman–Crippen MR) is 70.1 cm³/mol. The molecule has 1 unspecified atom stereocenters. The third-order valence-electron chi connectivity index (χ3n) is 3.28. The molecule has 4 nitrogen and oxygen atoms in total. The van der Waals surface area contributed by atoms with E-state index in [-0.39, 0.29) is 17.8 Å². The van der Waals surface area contributed by atoms with Gasteiger partial charge in [-0.25, -0.2) is 0 Å². The van der Waals surface area contributed by atoms with Crippen LogP contribution in [0.1, 0.15) is 52.4 Å². The first-order chi connectivity index (χ1) is 8.69. The van der Waals surface area contributed by atoms with Gasteiger partial charge in [0.2, 0.25) is 5.91 Å². The van der Waals surface area contributed by atoms with Crippen molar-refractivity contribution in [1.29, 1.82) is 0 Å². The fraction of sp³-hybridized carbons (Fsp3) is 0.857. The van der Waals surface area contributed by atoms with Gasteiger partial charge < -0.3 is 9.64 Å². The number of carbonyl (C=O) groups excluding carboxylic acids is 2. The predicted octanol–water partition coefficient (Wildman–Crippen LogP) is 2.37. The van der Waals surface area contributed by atoms with Crippen LogP contribution in [0.4, 0.5) is 0 Å². The van der Waals surface area contributed by atoms with Crippen LogP contribution in [-0.4, -0.2) is 36.5 Å². The standard InChI is InChI=1S/C14H25NO3/c1-3-5-6-7-9-18-14(17)12-10-13(16)15(11-12)8-4-2/h12H,3-11H2,1-2H3. The van der Waals surface area contributed by atoms with Gasteiger partial charge in [0.25, 0.3) is 0 Å². The summed E-state index contributed by atoms with van der Waals surface area (Å²) >= 11 is 0. The van der Waals surface area contributed by atoms with E-state index in [1.165, 1.54) is 12.8 Å². The number of unbranched alkanes of at least 4 members (excludes halogenated alkanes) is 3. The maximum absolute atomic E-state index is 11.8. The van der Waals surface area contributed by atoms with E-state index in [9.17, 15) is 9.59 Å². The van der Waals surface area contributed by atoms with Crippen molar-refractivity contribution in [2.45, 2.75) is 52.4 Å². The maximum atomic E-state index is 11.8. The summed E-state index contributed by atoms with van der Waals surface area (Å²) in [6.45, 7) is 5.97. The Kier molecular flexibility index (Phi) is 6.76. The molecular formula is C14H25NO3. The number of nitrogens with zero attached hydrogens (tertiary/aromatic N) is 1. The molecule has 0 saturated carbocycles. The van der Waals surface area contributed by atoms with E-state index >= 15 is 0 Å². The molecule has 0 aliphatic carbocycles. The fourth-order valence-corrected chi connectivity index (χ4v) is 2.24. The van der Waals surface area contributed by atoms with Gasteiger partial charge in [-0.2, -0.15) is 0 Å². The van der Waals surface area contributed by atoms with Crippen LogP contribution in [0.5, 0.6) is 0 Å². The van der Waals surface area contributed by atoms with Crippen LogP contribution in [-0.2, 0) is 14.3 Å². The van der Waals surface area contributed by atoms with Gasteiger partial charge in [-0.05, 0) is 12.8 Å². The van der Waals surface area contributed by atoms with E-state index in [1.807, 2.05) is 6.92 Å². The van der Waals surface area contributed by atoms with Crippen molar-refractivity contribution in [2.24, 2.45) is 5.92 Å². The highest BCUT2D eigenvalue weighted by Crippen LogP contribution is 2.19. The van der Waals surface area contributed by atoms with Gasteiger partial charge in [-0.1, -0.05) is 33.1 Å². The summed E-state index contributed by atoms with van der Waals surface area (Å²) < 4.78 is 5.23. The first-order valence-corrected chi connectivity index (χ1v) is 7.13. The minimum absolute atomic E-state index is 0.0878. The van der Waals surface area contributed by atoms with Crippen LogP contribution in [0.25, 0.3) is 0 Å². The smallest absolute Gasteiger partial charge is 0.311 e. The monoisotopic (exact) mass is 255 g/mol. The second kappa shape index (κ2) is 8.11. The minimum Gasteiger partial charge on any atom is -0.465 e. The van der Waals surface area contributed by atoms with Gasteiger partial charge in [-0.15, -0.1) is 0 Å². The second-order valence-electron chi connectivity index (χ2n) is 4.97. The average molecular weight is 255 g/mol. The molecule has 0 spiro atoms. The van der Waals surface area contributed by atoms with Crippen LogP contribution in [0.3, 0.4) is 0 Å². The highest BCUT2D eigenvalue weighted by molar-refractivity contribution is 5.86. The van der Waals surface area contributed by atoms with E-state index < -0.39 is 0 Å². The van der Waals surface area contributed by atoms with E-state index in [2.05, 4.69) is 6.92 Å². The lowest BCUT2D eigenvalue weighted by atomic mass is 10.1. The lowest BCUT2D eigenvalue weighted by molar-refractivity contribution is -0.148. The molecule has 0 aromatic carbocycles. The van der Waals surface area contributed by atoms with Crippen molar-refractivity contribution < 1.29 is 14.3 Å². The molecule has 104 valence electrons. The molecule has 1 saturated heterocycles. The molecule has 0 N–H and O–H groups in total. The van der Waals surface area contributed by atoms with Crippen LogP contribution in [0.15, 0.2) is 0 Å². The van der Waals surface area contributed by atoms with Crippen molar-refractivity contribution in [1.82, 2.24) is 4.90 Å². The summed E-state index contributed by atoms with van der Waals surface area (Å²) in [5.74, 6) is -0.349. The third-order valence-corrected chi connectivity index (χ3v) is 3.28. The molecule has 1 fully saturated rings.